The van der Waals surface area contributed by atoms with Crippen LogP contribution in [0.25, 0.3) is 0 Å². The first-order valence-electron chi connectivity index (χ1n) is 9.69. The Morgan fingerprint density at radius 2 is 2.04 bits per heavy atom. The minimum atomic E-state index is -0.0910. The van der Waals surface area contributed by atoms with Crippen molar-refractivity contribution in [3.8, 4) is 0 Å². The van der Waals surface area contributed by atoms with E-state index < -0.39 is 0 Å². The minimum Gasteiger partial charge on any atom is -0.367 e. The van der Waals surface area contributed by atoms with E-state index in [1.807, 2.05) is 30.3 Å². The zero-order valence-electron chi connectivity index (χ0n) is 15.3. The lowest BCUT2D eigenvalue weighted by molar-refractivity contribution is 0.0937. The third-order valence-electron chi connectivity index (χ3n) is 5.23. The van der Waals surface area contributed by atoms with Gasteiger partial charge >= 0.3 is 0 Å². The number of halogens is 1. The fraction of sp³-hybridized carbons (Fsp3) is 0.429. The molecule has 1 saturated carbocycles. The first kappa shape index (κ1) is 18.3. The van der Waals surface area contributed by atoms with E-state index in [2.05, 4.69) is 26.6 Å². The van der Waals surface area contributed by atoms with Gasteiger partial charge in [0.2, 0.25) is 0 Å². The van der Waals surface area contributed by atoms with Crippen LogP contribution >= 0.6 is 11.6 Å². The molecule has 6 heteroatoms. The Bertz CT molecular complexity index is 785. The van der Waals surface area contributed by atoms with Crippen LogP contribution in [0.2, 0.25) is 5.02 Å². The number of carbonyl (C=O) groups excluding carboxylic acids is 1. The summed E-state index contributed by atoms with van der Waals surface area (Å²) in [5.74, 6) is 0.745. The molecule has 27 heavy (non-hydrogen) atoms. The van der Waals surface area contributed by atoms with Gasteiger partial charge in [0.25, 0.3) is 5.91 Å². The summed E-state index contributed by atoms with van der Waals surface area (Å²) < 4.78 is 0. The van der Waals surface area contributed by atoms with Crippen molar-refractivity contribution < 1.29 is 4.79 Å². The van der Waals surface area contributed by atoms with Crippen LogP contribution < -0.4 is 10.6 Å². The number of nitrogens with one attached hydrogen (secondary N) is 2. The highest BCUT2D eigenvalue weighted by atomic mass is 35.5. The van der Waals surface area contributed by atoms with E-state index in [-0.39, 0.29) is 11.9 Å². The second kappa shape index (κ2) is 8.28. The molecule has 1 aromatic carbocycles. The van der Waals surface area contributed by atoms with Crippen LogP contribution in [0.15, 0.2) is 42.6 Å². The van der Waals surface area contributed by atoms with Crippen LogP contribution in [0.5, 0.6) is 0 Å². The Kier molecular flexibility index (Phi) is 5.60. The Balaban J connectivity index is 1.41. The molecule has 2 heterocycles. The molecule has 1 aromatic heterocycles. The van der Waals surface area contributed by atoms with Crippen molar-refractivity contribution >= 4 is 23.3 Å². The standard InChI is InChI=1S/C21H25ClN4O/c22-17-5-3-4-15(12-17)19(26-10-1-2-11-26)14-24-21(27)16-6-9-20(23-13-16)25-18-7-8-18/h3-6,9,12-13,18-19H,1-2,7-8,10-11,14H2,(H,23,25)(H,24,27). The van der Waals surface area contributed by atoms with Gasteiger partial charge in [0.1, 0.15) is 5.82 Å². The largest absolute Gasteiger partial charge is 0.367 e. The highest BCUT2D eigenvalue weighted by molar-refractivity contribution is 6.30. The average Bonchev–Trinajstić information content (AvgIpc) is 3.32. The number of anilines is 1. The van der Waals surface area contributed by atoms with Crippen LogP contribution in [0, 0.1) is 0 Å². The number of pyridine rings is 1. The molecule has 2 fully saturated rings. The van der Waals surface area contributed by atoms with Crippen molar-refractivity contribution in [2.24, 2.45) is 0 Å². The number of hydrogen-bond acceptors (Lipinski definition) is 4. The molecule has 1 aliphatic carbocycles. The van der Waals surface area contributed by atoms with Gasteiger partial charge in [-0.05, 0) is 68.6 Å². The molecular weight excluding hydrogens is 360 g/mol. The molecule has 142 valence electrons. The van der Waals surface area contributed by atoms with Crippen LogP contribution in [0.3, 0.4) is 0 Å². The lowest BCUT2D eigenvalue weighted by Gasteiger charge is -2.28. The Hall–Kier alpha value is -2.11. The number of carbonyl (C=O) groups is 1. The second-order valence-corrected chi connectivity index (χ2v) is 7.81. The van der Waals surface area contributed by atoms with Crippen LogP contribution in [-0.2, 0) is 0 Å². The SMILES string of the molecule is O=C(NCC(c1cccc(Cl)c1)N1CCCC1)c1ccc(NC2CC2)nc1. The van der Waals surface area contributed by atoms with E-state index in [1.165, 1.54) is 25.7 Å². The summed E-state index contributed by atoms with van der Waals surface area (Å²) in [5, 5.41) is 7.14. The summed E-state index contributed by atoms with van der Waals surface area (Å²) >= 11 is 6.19. The molecule has 1 saturated heterocycles. The number of hydrogen-bond donors (Lipinski definition) is 2. The quantitative estimate of drug-likeness (QED) is 0.760. The van der Waals surface area contributed by atoms with E-state index >= 15 is 0 Å². The molecule has 0 radical (unpaired) electrons. The predicted octanol–water partition coefficient (Wildman–Crippen LogP) is 3.88. The normalized spacial score (nSPS) is 18.3. The van der Waals surface area contributed by atoms with E-state index in [0.717, 1.165) is 29.5 Å². The number of nitrogens with zero attached hydrogens (tertiary/aromatic N) is 2. The minimum absolute atomic E-state index is 0.0910. The molecule has 2 aliphatic rings. The molecule has 1 aliphatic heterocycles. The van der Waals surface area contributed by atoms with Crippen LogP contribution in [-0.4, -0.2) is 41.5 Å². The summed E-state index contributed by atoms with van der Waals surface area (Å²) in [5.41, 5.74) is 1.73. The van der Waals surface area contributed by atoms with Gasteiger partial charge in [-0.1, -0.05) is 23.7 Å². The Morgan fingerprint density at radius 3 is 2.70 bits per heavy atom. The Morgan fingerprint density at radius 1 is 1.22 bits per heavy atom. The zero-order chi connectivity index (χ0) is 18.6. The molecule has 4 rings (SSSR count). The zero-order valence-corrected chi connectivity index (χ0v) is 16.1. The predicted molar refractivity (Wildman–Crippen MR) is 108 cm³/mol. The van der Waals surface area contributed by atoms with Crippen LogP contribution in [0.4, 0.5) is 5.82 Å². The van der Waals surface area contributed by atoms with Gasteiger partial charge < -0.3 is 10.6 Å². The van der Waals surface area contributed by atoms with Crippen molar-refractivity contribution in [2.75, 3.05) is 25.0 Å². The number of likely N-dealkylation sites (tertiary alicyclic amines) is 1. The number of aromatic nitrogens is 1. The van der Waals surface area contributed by atoms with Crippen LogP contribution in [0.1, 0.15) is 47.6 Å². The fourth-order valence-corrected chi connectivity index (χ4v) is 3.77. The van der Waals surface area contributed by atoms with E-state index in [1.54, 1.807) is 6.20 Å². The van der Waals surface area contributed by atoms with E-state index in [4.69, 9.17) is 11.6 Å². The molecule has 2 N–H and O–H groups in total. The Labute approximate surface area is 165 Å². The van der Waals surface area contributed by atoms with Gasteiger partial charge in [-0.3, -0.25) is 9.69 Å². The van der Waals surface area contributed by atoms with Gasteiger partial charge in [0.15, 0.2) is 0 Å². The first-order chi connectivity index (χ1) is 13.2. The fourth-order valence-electron chi connectivity index (χ4n) is 3.57. The van der Waals surface area contributed by atoms with Gasteiger partial charge in [-0.15, -0.1) is 0 Å². The number of rotatable bonds is 7. The molecular formula is C21H25ClN4O. The van der Waals surface area contributed by atoms with Gasteiger partial charge in [0, 0.05) is 23.8 Å². The highest BCUT2D eigenvalue weighted by Gasteiger charge is 2.24. The summed E-state index contributed by atoms with van der Waals surface area (Å²) in [6.07, 6.45) is 6.44. The smallest absolute Gasteiger partial charge is 0.252 e. The molecule has 1 unspecified atom stereocenters. The maximum atomic E-state index is 12.6. The molecule has 1 atom stereocenters. The number of amides is 1. The summed E-state index contributed by atoms with van der Waals surface area (Å²) in [6.45, 7) is 2.66. The molecule has 0 bridgehead atoms. The average molecular weight is 385 g/mol. The maximum Gasteiger partial charge on any atom is 0.252 e. The maximum absolute atomic E-state index is 12.6. The number of benzene rings is 1. The van der Waals surface area contributed by atoms with Gasteiger partial charge in [-0.25, -0.2) is 4.98 Å². The van der Waals surface area contributed by atoms with E-state index in [9.17, 15) is 4.79 Å². The van der Waals surface area contributed by atoms with E-state index in [0.29, 0.717) is 18.2 Å². The molecule has 0 spiro atoms. The third-order valence-corrected chi connectivity index (χ3v) is 5.46. The summed E-state index contributed by atoms with van der Waals surface area (Å²) in [7, 11) is 0. The lowest BCUT2D eigenvalue weighted by Crippen LogP contribution is -2.36. The molecule has 5 nitrogen and oxygen atoms in total. The lowest BCUT2D eigenvalue weighted by atomic mass is 10.1. The molecule has 1 amide bonds. The van der Waals surface area contributed by atoms with Crippen molar-refractivity contribution in [3.63, 3.8) is 0 Å². The topological polar surface area (TPSA) is 57.3 Å². The third kappa shape index (κ3) is 4.79. The highest BCUT2D eigenvalue weighted by Crippen LogP contribution is 2.27. The van der Waals surface area contributed by atoms with Crippen molar-refractivity contribution in [1.82, 2.24) is 15.2 Å². The summed E-state index contributed by atoms with van der Waals surface area (Å²) in [6, 6.07) is 12.3. The van der Waals surface area contributed by atoms with Crippen molar-refractivity contribution in [3.05, 3.63) is 58.7 Å². The monoisotopic (exact) mass is 384 g/mol. The molecule has 2 aromatic rings. The second-order valence-electron chi connectivity index (χ2n) is 7.37. The summed E-state index contributed by atoms with van der Waals surface area (Å²) in [4.78, 5) is 19.4. The van der Waals surface area contributed by atoms with Crippen molar-refractivity contribution in [2.45, 2.75) is 37.8 Å². The van der Waals surface area contributed by atoms with Gasteiger partial charge in [-0.2, -0.15) is 0 Å². The first-order valence-corrected chi connectivity index (χ1v) is 10.1. The van der Waals surface area contributed by atoms with Crippen molar-refractivity contribution in [1.29, 1.82) is 0 Å². The van der Waals surface area contributed by atoms with Gasteiger partial charge in [0.05, 0.1) is 11.6 Å².